The van der Waals surface area contributed by atoms with Crippen molar-refractivity contribution in [3.8, 4) is 11.3 Å². The molecule has 3 aliphatic carbocycles. The maximum Gasteiger partial charge on any atom is 0.220 e. The summed E-state index contributed by atoms with van der Waals surface area (Å²) >= 11 is 0. The van der Waals surface area contributed by atoms with Gasteiger partial charge in [-0.05, 0) is 96.9 Å². The average molecular weight is 411 g/mol. The lowest BCUT2D eigenvalue weighted by molar-refractivity contribution is -0.659. The highest BCUT2D eigenvalue weighted by Gasteiger charge is 2.40. The van der Waals surface area contributed by atoms with Crippen molar-refractivity contribution in [3.05, 3.63) is 65.4 Å². The predicted molar refractivity (Wildman–Crippen MR) is 129 cm³/mol. The van der Waals surface area contributed by atoms with Crippen molar-refractivity contribution in [1.29, 1.82) is 0 Å². The molecule has 3 fully saturated rings. The number of aryl methyl sites for hydroxylation is 2. The standard InChI is InChI=1S/C30H36N/c1-20-8-10-23(22-6-4-3-5-7-22)19-28(20)30-27-13-12-25(18-26(27)14-15-31(30)2)29-17-21-9-11-24(29)16-21/h8,10,12-15,18-19,21-22,24,29H,3-7,9,11,16-17H2,1-2H3/q+1. The van der Waals surface area contributed by atoms with Gasteiger partial charge >= 0.3 is 0 Å². The number of hydrogen-bond donors (Lipinski definition) is 0. The van der Waals surface area contributed by atoms with E-state index in [0.29, 0.717) is 0 Å². The van der Waals surface area contributed by atoms with Gasteiger partial charge < -0.3 is 0 Å². The first-order valence-electron chi connectivity index (χ1n) is 12.7. The van der Waals surface area contributed by atoms with Crippen LogP contribution in [0.15, 0.2) is 48.7 Å². The van der Waals surface area contributed by atoms with E-state index < -0.39 is 0 Å². The molecule has 3 saturated carbocycles. The highest BCUT2D eigenvalue weighted by molar-refractivity contribution is 5.94. The summed E-state index contributed by atoms with van der Waals surface area (Å²) in [4.78, 5) is 0. The van der Waals surface area contributed by atoms with Gasteiger partial charge in [0.1, 0.15) is 7.05 Å². The smallest absolute Gasteiger partial charge is 0.200 e. The van der Waals surface area contributed by atoms with E-state index in [1.165, 1.54) is 85.4 Å². The summed E-state index contributed by atoms with van der Waals surface area (Å²) < 4.78 is 2.34. The van der Waals surface area contributed by atoms with Crippen molar-refractivity contribution in [1.82, 2.24) is 0 Å². The van der Waals surface area contributed by atoms with E-state index in [0.717, 1.165) is 23.7 Å². The zero-order valence-electron chi connectivity index (χ0n) is 19.2. The summed E-state index contributed by atoms with van der Waals surface area (Å²) in [6, 6.07) is 17.0. The average Bonchev–Trinajstić information content (AvgIpc) is 3.44. The Morgan fingerprint density at radius 3 is 2.42 bits per heavy atom. The molecule has 2 bridgehead atoms. The number of pyridine rings is 1. The summed E-state index contributed by atoms with van der Waals surface area (Å²) in [6.07, 6.45) is 15.0. The second-order valence-corrected chi connectivity index (χ2v) is 10.8. The van der Waals surface area contributed by atoms with Gasteiger partial charge in [-0.25, -0.2) is 4.57 Å². The van der Waals surface area contributed by atoms with Crippen molar-refractivity contribution in [2.24, 2.45) is 18.9 Å². The highest BCUT2D eigenvalue weighted by Crippen LogP contribution is 2.53. The highest BCUT2D eigenvalue weighted by atomic mass is 14.9. The lowest BCUT2D eigenvalue weighted by Crippen LogP contribution is -2.30. The molecule has 1 aromatic heterocycles. The number of benzene rings is 2. The van der Waals surface area contributed by atoms with E-state index in [4.69, 9.17) is 0 Å². The Bertz CT molecular complexity index is 1120. The molecule has 3 aliphatic rings. The first-order valence-corrected chi connectivity index (χ1v) is 12.7. The third-order valence-corrected chi connectivity index (χ3v) is 8.92. The zero-order valence-corrected chi connectivity index (χ0v) is 19.2. The molecule has 1 nitrogen and oxygen atoms in total. The van der Waals surface area contributed by atoms with E-state index in [9.17, 15) is 0 Å². The molecule has 31 heavy (non-hydrogen) atoms. The monoisotopic (exact) mass is 410 g/mol. The molecule has 160 valence electrons. The second-order valence-electron chi connectivity index (χ2n) is 10.8. The minimum atomic E-state index is 0.748. The summed E-state index contributed by atoms with van der Waals surface area (Å²) in [6.45, 7) is 2.28. The van der Waals surface area contributed by atoms with Gasteiger partial charge in [-0.1, -0.05) is 49.9 Å². The van der Waals surface area contributed by atoms with Crippen LogP contribution in [-0.2, 0) is 7.05 Å². The number of hydrogen-bond acceptors (Lipinski definition) is 0. The maximum absolute atomic E-state index is 2.52. The van der Waals surface area contributed by atoms with E-state index in [1.54, 1.807) is 11.1 Å². The van der Waals surface area contributed by atoms with Gasteiger partial charge in [-0.3, -0.25) is 0 Å². The van der Waals surface area contributed by atoms with Gasteiger partial charge in [0.2, 0.25) is 5.69 Å². The SMILES string of the molecule is Cc1ccc(C2CCCCC2)cc1-c1c2ccc(C3CC4CCC3C4)cc2cc[n+]1C. The van der Waals surface area contributed by atoms with Crippen LogP contribution in [0.5, 0.6) is 0 Å². The first-order chi connectivity index (χ1) is 15.2. The predicted octanol–water partition coefficient (Wildman–Crippen LogP) is 7.59. The minimum absolute atomic E-state index is 0.748. The summed E-state index contributed by atoms with van der Waals surface area (Å²) in [5.74, 6) is 3.49. The van der Waals surface area contributed by atoms with Crippen LogP contribution < -0.4 is 4.57 Å². The van der Waals surface area contributed by atoms with Crippen molar-refractivity contribution in [2.45, 2.75) is 76.5 Å². The fraction of sp³-hybridized carbons (Fsp3) is 0.500. The molecule has 6 rings (SSSR count). The third-order valence-electron chi connectivity index (χ3n) is 8.92. The molecule has 1 heterocycles. The molecular formula is C30H36N+. The number of fused-ring (bicyclic) bond motifs is 3. The molecule has 0 N–H and O–H groups in total. The molecule has 0 amide bonds. The van der Waals surface area contributed by atoms with E-state index in [-0.39, 0.29) is 0 Å². The second kappa shape index (κ2) is 7.76. The number of nitrogens with zero attached hydrogens (tertiary/aromatic N) is 1. The summed E-state index contributed by atoms with van der Waals surface area (Å²) in [7, 11) is 2.21. The Labute approximate surface area is 187 Å². The molecule has 0 saturated heterocycles. The molecule has 3 atom stereocenters. The Morgan fingerprint density at radius 1 is 0.806 bits per heavy atom. The number of aromatic nitrogens is 1. The molecule has 2 aromatic carbocycles. The van der Waals surface area contributed by atoms with Crippen molar-refractivity contribution < 1.29 is 4.57 Å². The van der Waals surface area contributed by atoms with Gasteiger partial charge in [0, 0.05) is 11.6 Å². The minimum Gasteiger partial charge on any atom is -0.200 e. The fourth-order valence-electron chi connectivity index (χ4n) is 7.19. The van der Waals surface area contributed by atoms with Crippen molar-refractivity contribution in [2.75, 3.05) is 0 Å². The summed E-state index contributed by atoms with van der Waals surface area (Å²) in [5, 5.41) is 2.82. The quantitative estimate of drug-likeness (QED) is 0.392. The normalized spacial score (nSPS) is 26.1. The van der Waals surface area contributed by atoms with Crippen LogP contribution in [0.25, 0.3) is 22.0 Å². The lowest BCUT2D eigenvalue weighted by atomic mass is 9.82. The lowest BCUT2D eigenvalue weighted by Gasteiger charge is -2.23. The van der Waals surface area contributed by atoms with Gasteiger partial charge in [-0.2, -0.15) is 0 Å². The van der Waals surface area contributed by atoms with Crippen LogP contribution in [0.2, 0.25) is 0 Å². The van der Waals surface area contributed by atoms with Gasteiger partial charge in [0.05, 0.1) is 5.39 Å². The molecule has 1 heteroatoms. The van der Waals surface area contributed by atoms with Crippen molar-refractivity contribution >= 4 is 10.8 Å². The first kappa shape index (κ1) is 19.5. The molecular weight excluding hydrogens is 374 g/mol. The van der Waals surface area contributed by atoms with Gasteiger partial charge in [0.25, 0.3) is 0 Å². The Hall–Kier alpha value is -2.15. The molecule has 0 spiro atoms. The molecule has 0 radical (unpaired) electrons. The van der Waals surface area contributed by atoms with Crippen LogP contribution in [0.1, 0.15) is 86.3 Å². The van der Waals surface area contributed by atoms with E-state index in [2.05, 4.69) is 67.2 Å². The van der Waals surface area contributed by atoms with Crippen LogP contribution in [0, 0.1) is 18.8 Å². The van der Waals surface area contributed by atoms with Crippen molar-refractivity contribution in [3.63, 3.8) is 0 Å². The largest absolute Gasteiger partial charge is 0.220 e. The van der Waals surface area contributed by atoms with Crippen LogP contribution in [-0.4, -0.2) is 0 Å². The molecule has 3 aromatic rings. The molecule has 3 unspecified atom stereocenters. The number of rotatable bonds is 3. The van der Waals surface area contributed by atoms with E-state index in [1.807, 2.05) is 0 Å². The van der Waals surface area contributed by atoms with Crippen LogP contribution in [0.3, 0.4) is 0 Å². The van der Waals surface area contributed by atoms with Crippen LogP contribution in [0.4, 0.5) is 0 Å². The van der Waals surface area contributed by atoms with Gasteiger partial charge in [-0.15, -0.1) is 0 Å². The summed E-state index contributed by atoms with van der Waals surface area (Å²) in [5.41, 5.74) is 7.33. The van der Waals surface area contributed by atoms with Crippen LogP contribution >= 0.6 is 0 Å². The van der Waals surface area contributed by atoms with E-state index >= 15 is 0 Å². The zero-order chi connectivity index (χ0) is 20.9. The maximum atomic E-state index is 2.52. The van der Waals surface area contributed by atoms with Gasteiger partial charge in [0.15, 0.2) is 6.20 Å². The third kappa shape index (κ3) is 3.41. The fourth-order valence-corrected chi connectivity index (χ4v) is 7.19. The Kier molecular flexibility index (Phi) is 4.89. The topological polar surface area (TPSA) is 3.88 Å². The Balaban J connectivity index is 1.43. The molecule has 0 aliphatic heterocycles. The Morgan fingerprint density at radius 2 is 1.65 bits per heavy atom.